The van der Waals surface area contributed by atoms with Crippen molar-refractivity contribution >= 4 is 0 Å². The molecule has 0 spiro atoms. The van der Waals surface area contributed by atoms with Gasteiger partial charge in [0, 0.05) is 13.1 Å². The first-order valence-electron chi connectivity index (χ1n) is 6.37. The zero-order valence-corrected chi connectivity index (χ0v) is 11.7. The van der Waals surface area contributed by atoms with Crippen LogP contribution in [-0.4, -0.2) is 48.5 Å². The van der Waals surface area contributed by atoms with Gasteiger partial charge in [-0.3, -0.25) is 0 Å². The molecule has 0 saturated heterocycles. The number of ether oxygens (including phenoxy) is 1. The molecule has 0 saturated carbocycles. The Labute approximate surface area is 114 Å². The summed E-state index contributed by atoms with van der Waals surface area (Å²) in [6.45, 7) is 7.33. The largest absolute Gasteiger partial charge is 0.489 e. The van der Waals surface area contributed by atoms with Gasteiger partial charge in [-0.15, -0.1) is 0 Å². The molecule has 1 atom stereocenters. The number of benzene rings is 1. The summed E-state index contributed by atoms with van der Waals surface area (Å²) in [5, 5.41) is 18.9. The van der Waals surface area contributed by atoms with Crippen LogP contribution in [0.5, 0.6) is 5.75 Å². The summed E-state index contributed by atoms with van der Waals surface area (Å²) in [6.07, 6.45) is -0.563. The fourth-order valence-electron chi connectivity index (χ4n) is 1.66. The van der Waals surface area contributed by atoms with Gasteiger partial charge in [-0.2, -0.15) is 0 Å². The van der Waals surface area contributed by atoms with E-state index < -0.39 is 6.10 Å². The second-order valence-electron chi connectivity index (χ2n) is 4.82. The van der Waals surface area contributed by atoms with Crippen molar-refractivity contribution in [3.05, 3.63) is 42.0 Å². The van der Waals surface area contributed by atoms with Gasteiger partial charge < -0.3 is 19.8 Å². The van der Waals surface area contributed by atoms with Crippen molar-refractivity contribution in [2.75, 3.05) is 33.4 Å². The first kappa shape index (κ1) is 15.7. The van der Waals surface area contributed by atoms with Gasteiger partial charge in [0.2, 0.25) is 0 Å². The van der Waals surface area contributed by atoms with Crippen LogP contribution in [0.15, 0.2) is 36.4 Å². The van der Waals surface area contributed by atoms with Crippen LogP contribution < -0.4 is 4.74 Å². The van der Waals surface area contributed by atoms with Crippen LogP contribution in [0.25, 0.3) is 0 Å². The summed E-state index contributed by atoms with van der Waals surface area (Å²) in [6, 6.07) is 7.39. The molecule has 0 aliphatic rings. The molecule has 4 nitrogen and oxygen atoms in total. The van der Waals surface area contributed by atoms with Gasteiger partial charge >= 0.3 is 0 Å². The van der Waals surface area contributed by atoms with Crippen molar-refractivity contribution in [2.45, 2.75) is 13.0 Å². The Balaban J connectivity index is 2.52. The van der Waals surface area contributed by atoms with Gasteiger partial charge in [0.25, 0.3) is 0 Å². The maximum absolute atomic E-state index is 10.0. The van der Waals surface area contributed by atoms with Crippen molar-refractivity contribution in [3.8, 4) is 5.75 Å². The number of rotatable bonds is 8. The monoisotopic (exact) mass is 265 g/mol. The topological polar surface area (TPSA) is 52.9 Å². The van der Waals surface area contributed by atoms with Crippen LogP contribution in [0.3, 0.4) is 0 Å². The third-order valence-corrected chi connectivity index (χ3v) is 2.72. The summed E-state index contributed by atoms with van der Waals surface area (Å²) in [7, 11) is 1.86. The summed E-state index contributed by atoms with van der Waals surface area (Å²) in [4.78, 5) is 1.89. The second kappa shape index (κ2) is 7.94. The quantitative estimate of drug-likeness (QED) is 0.701. The Kier molecular flexibility index (Phi) is 6.56. The lowest BCUT2D eigenvalue weighted by Gasteiger charge is -2.19. The third-order valence-electron chi connectivity index (χ3n) is 2.72. The van der Waals surface area contributed by atoms with E-state index in [0.717, 1.165) is 16.9 Å². The number of likely N-dealkylation sites (N-methyl/N-ethyl adjacent to an activating group) is 1. The van der Waals surface area contributed by atoms with E-state index in [1.165, 1.54) is 0 Å². The van der Waals surface area contributed by atoms with Gasteiger partial charge in [0.1, 0.15) is 12.4 Å². The third kappa shape index (κ3) is 5.87. The Hall–Kier alpha value is -1.36. The molecule has 0 radical (unpaired) electrons. The first-order chi connectivity index (χ1) is 9.02. The minimum absolute atomic E-state index is 0.0941. The Morgan fingerprint density at radius 3 is 2.53 bits per heavy atom. The SMILES string of the molecule is C=C(C)COc1ccc(C(O)CN(C)CCO)cc1. The molecule has 1 aromatic rings. The van der Waals surface area contributed by atoms with Crippen LogP contribution >= 0.6 is 0 Å². The van der Waals surface area contributed by atoms with E-state index in [1.807, 2.05) is 43.1 Å². The Morgan fingerprint density at radius 1 is 1.37 bits per heavy atom. The lowest BCUT2D eigenvalue weighted by molar-refractivity contribution is 0.115. The maximum atomic E-state index is 10.0. The summed E-state index contributed by atoms with van der Waals surface area (Å²) < 4.78 is 5.50. The van der Waals surface area contributed by atoms with Crippen molar-refractivity contribution < 1.29 is 14.9 Å². The highest BCUT2D eigenvalue weighted by atomic mass is 16.5. The number of hydrogen-bond donors (Lipinski definition) is 2. The van der Waals surface area contributed by atoms with E-state index in [-0.39, 0.29) is 6.61 Å². The molecule has 1 unspecified atom stereocenters. The molecule has 19 heavy (non-hydrogen) atoms. The molecular formula is C15H23NO3. The van der Waals surface area contributed by atoms with Gasteiger partial charge in [-0.1, -0.05) is 18.7 Å². The minimum atomic E-state index is -0.563. The van der Waals surface area contributed by atoms with Crippen LogP contribution in [0.1, 0.15) is 18.6 Å². The van der Waals surface area contributed by atoms with Crippen molar-refractivity contribution in [1.82, 2.24) is 4.90 Å². The number of aliphatic hydroxyl groups is 2. The zero-order valence-electron chi connectivity index (χ0n) is 11.7. The van der Waals surface area contributed by atoms with Crippen LogP contribution in [0.2, 0.25) is 0 Å². The molecule has 0 heterocycles. The van der Waals surface area contributed by atoms with E-state index in [0.29, 0.717) is 19.7 Å². The molecule has 0 bridgehead atoms. The second-order valence-corrected chi connectivity index (χ2v) is 4.82. The lowest BCUT2D eigenvalue weighted by Crippen LogP contribution is -2.27. The van der Waals surface area contributed by atoms with E-state index in [4.69, 9.17) is 9.84 Å². The highest BCUT2D eigenvalue weighted by Crippen LogP contribution is 2.18. The number of hydrogen-bond acceptors (Lipinski definition) is 4. The number of aliphatic hydroxyl groups excluding tert-OH is 2. The molecule has 0 amide bonds. The predicted molar refractivity (Wildman–Crippen MR) is 76.3 cm³/mol. The lowest BCUT2D eigenvalue weighted by atomic mass is 10.1. The van der Waals surface area contributed by atoms with E-state index in [1.54, 1.807) is 0 Å². The van der Waals surface area contributed by atoms with E-state index in [2.05, 4.69) is 6.58 Å². The van der Waals surface area contributed by atoms with Gasteiger partial charge in [-0.05, 0) is 37.2 Å². The highest BCUT2D eigenvalue weighted by molar-refractivity contribution is 5.29. The standard InChI is InChI=1S/C15H23NO3/c1-12(2)11-19-14-6-4-13(5-7-14)15(18)10-16(3)8-9-17/h4-7,15,17-18H,1,8-11H2,2-3H3. The zero-order chi connectivity index (χ0) is 14.3. The molecule has 0 aliphatic heterocycles. The van der Waals surface area contributed by atoms with E-state index in [9.17, 15) is 5.11 Å². The summed E-state index contributed by atoms with van der Waals surface area (Å²) >= 11 is 0. The predicted octanol–water partition coefficient (Wildman–Crippen LogP) is 1.60. The first-order valence-corrected chi connectivity index (χ1v) is 6.37. The van der Waals surface area contributed by atoms with Crippen LogP contribution in [0.4, 0.5) is 0 Å². The molecule has 0 fully saturated rings. The molecule has 106 valence electrons. The van der Waals surface area contributed by atoms with Gasteiger partial charge in [0.05, 0.1) is 12.7 Å². The molecule has 2 N–H and O–H groups in total. The van der Waals surface area contributed by atoms with Crippen molar-refractivity contribution in [1.29, 1.82) is 0 Å². The molecule has 0 aromatic heterocycles. The van der Waals surface area contributed by atoms with Gasteiger partial charge in [0.15, 0.2) is 0 Å². The van der Waals surface area contributed by atoms with Crippen LogP contribution in [0, 0.1) is 0 Å². The maximum Gasteiger partial charge on any atom is 0.119 e. The fourth-order valence-corrected chi connectivity index (χ4v) is 1.66. The van der Waals surface area contributed by atoms with E-state index >= 15 is 0 Å². The normalized spacial score (nSPS) is 12.5. The summed E-state index contributed by atoms with van der Waals surface area (Å²) in [5.41, 5.74) is 1.81. The van der Waals surface area contributed by atoms with Gasteiger partial charge in [-0.25, -0.2) is 0 Å². The fraction of sp³-hybridized carbons (Fsp3) is 0.467. The molecule has 1 aromatic carbocycles. The molecule has 0 aliphatic carbocycles. The highest BCUT2D eigenvalue weighted by Gasteiger charge is 2.10. The Morgan fingerprint density at radius 2 is 2.00 bits per heavy atom. The number of nitrogens with zero attached hydrogens (tertiary/aromatic N) is 1. The Bertz CT molecular complexity index is 389. The van der Waals surface area contributed by atoms with Crippen LogP contribution in [-0.2, 0) is 0 Å². The van der Waals surface area contributed by atoms with Crippen molar-refractivity contribution in [2.24, 2.45) is 0 Å². The smallest absolute Gasteiger partial charge is 0.119 e. The average molecular weight is 265 g/mol. The van der Waals surface area contributed by atoms with Crippen molar-refractivity contribution in [3.63, 3.8) is 0 Å². The molecule has 4 heteroatoms. The average Bonchev–Trinajstić information content (AvgIpc) is 2.37. The summed E-state index contributed by atoms with van der Waals surface area (Å²) in [5.74, 6) is 0.766. The molecular weight excluding hydrogens is 242 g/mol. The minimum Gasteiger partial charge on any atom is -0.489 e. The molecule has 1 rings (SSSR count).